The summed E-state index contributed by atoms with van der Waals surface area (Å²) in [6.45, 7) is 3.81. The Morgan fingerprint density at radius 1 is 1.15 bits per heavy atom. The molecule has 114 valence electrons. The van der Waals surface area contributed by atoms with Crippen LogP contribution in [0.5, 0.6) is 0 Å². The number of likely N-dealkylation sites (tertiary alicyclic amines) is 1. The summed E-state index contributed by atoms with van der Waals surface area (Å²) < 4.78 is 0. The molecule has 1 saturated heterocycles. The molecule has 1 saturated carbocycles. The molecular weight excluding hydrogens is 256 g/mol. The number of hydrogen-bond acceptors (Lipinski definition) is 3. The molecule has 1 amide bonds. The lowest BCUT2D eigenvalue weighted by Crippen LogP contribution is -2.61. The van der Waals surface area contributed by atoms with E-state index < -0.39 is 18.1 Å². The second-order valence-corrected chi connectivity index (χ2v) is 6.56. The highest BCUT2D eigenvalue weighted by atomic mass is 16.4. The third-order valence-electron chi connectivity index (χ3n) is 4.92. The van der Waals surface area contributed by atoms with Crippen LogP contribution in [0.3, 0.4) is 0 Å². The van der Waals surface area contributed by atoms with Crippen LogP contribution in [0, 0.1) is 11.8 Å². The molecule has 1 heterocycles. The van der Waals surface area contributed by atoms with Gasteiger partial charge in [-0.25, -0.2) is 4.79 Å². The van der Waals surface area contributed by atoms with Crippen molar-refractivity contribution in [3.63, 3.8) is 0 Å². The monoisotopic (exact) mass is 282 g/mol. The molecule has 3 unspecified atom stereocenters. The highest BCUT2D eigenvalue weighted by Gasteiger charge is 2.45. The summed E-state index contributed by atoms with van der Waals surface area (Å²) in [4.78, 5) is 25.8. The number of carboxylic acids is 1. The van der Waals surface area contributed by atoms with E-state index in [2.05, 4.69) is 0 Å². The first-order valence-corrected chi connectivity index (χ1v) is 7.74. The zero-order chi connectivity index (χ0) is 14.9. The molecule has 0 spiro atoms. The molecule has 4 atom stereocenters. The van der Waals surface area contributed by atoms with Crippen molar-refractivity contribution in [3.8, 4) is 0 Å². The maximum Gasteiger partial charge on any atom is 0.326 e. The van der Waals surface area contributed by atoms with Crippen LogP contribution in [-0.4, -0.2) is 40.0 Å². The van der Waals surface area contributed by atoms with Gasteiger partial charge in [-0.05, 0) is 37.5 Å². The van der Waals surface area contributed by atoms with E-state index in [1.165, 1.54) is 6.42 Å². The Bertz CT molecular complexity index is 383. The number of hydrogen-bond donors (Lipinski definition) is 2. The SMILES string of the molecule is CC(C)[C@@H](N)C(=O)N1C(C(=O)O)CCC2CCCCC21. The maximum absolute atomic E-state index is 12.6. The number of piperidine rings is 1. The number of carboxylic acid groups (broad SMARTS) is 1. The van der Waals surface area contributed by atoms with Gasteiger partial charge in [0.25, 0.3) is 0 Å². The lowest BCUT2D eigenvalue weighted by atomic mass is 9.76. The predicted octanol–water partition coefficient (Wildman–Crippen LogP) is 1.60. The van der Waals surface area contributed by atoms with Crippen LogP contribution in [0.2, 0.25) is 0 Å². The molecule has 3 N–H and O–H groups in total. The summed E-state index contributed by atoms with van der Waals surface area (Å²) in [5.74, 6) is -0.578. The molecule has 0 radical (unpaired) electrons. The van der Waals surface area contributed by atoms with Crippen molar-refractivity contribution >= 4 is 11.9 Å². The van der Waals surface area contributed by atoms with Crippen LogP contribution in [0.15, 0.2) is 0 Å². The topological polar surface area (TPSA) is 83.6 Å². The van der Waals surface area contributed by atoms with Crippen LogP contribution in [0.1, 0.15) is 52.4 Å². The quantitative estimate of drug-likeness (QED) is 0.823. The Hall–Kier alpha value is -1.10. The summed E-state index contributed by atoms with van der Waals surface area (Å²) in [5.41, 5.74) is 5.99. The minimum Gasteiger partial charge on any atom is -0.480 e. The molecule has 2 fully saturated rings. The van der Waals surface area contributed by atoms with E-state index >= 15 is 0 Å². The van der Waals surface area contributed by atoms with Gasteiger partial charge in [0.1, 0.15) is 6.04 Å². The molecule has 20 heavy (non-hydrogen) atoms. The molecule has 1 aliphatic heterocycles. The zero-order valence-electron chi connectivity index (χ0n) is 12.4. The Balaban J connectivity index is 2.25. The van der Waals surface area contributed by atoms with Gasteiger partial charge in [0.2, 0.25) is 5.91 Å². The molecule has 0 aromatic carbocycles. The van der Waals surface area contributed by atoms with E-state index in [-0.39, 0.29) is 17.9 Å². The standard InChI is InChI=1S/C15H26N2O3/c1-9(2)13(16)14(18)17-11-6-4-3-5-10(11)7-8-12(17)15(19)20/h9-13H,3-8,16H2,1-2H3,(H,19,20)/t10?,11?,12?,13-/m1/s1. The van der Waals surface area contributed by atoms with Gasteiger partial charge in [0.05, 0.1) is 6.04 Å². The number of carbonyl (C=O) groups is 2. The second-order valence-electron chi connectivity index (χ2n) is 6.56. The number of nitrogens with two attached hydrogens (primary N) is 1. The number of amides is 1. The number of rotatable bonds is 3. The van der Waals surface area contributed by atoms with Crippen LogP contribution < -0.4 is 5.73 Å². The Kier molecular flexibility index (Phi) is 4.68. The third-order valence-corrected chi connectivity index (χ3v) is 4.92. The van der Waals surface area contributed by atoms with Crippen LogP contribution in [-0.2, 0) is 9.59 Å². The van der Waals surface area contributed by atoms with Crippen molar-refractivity contribution in [2.24, 2.45) is 17.6 Å². The Morgan fingerprint density at radius 2 is 1.80 bits per heavy atom. The predicted molar refractivity (Wildman–Crippen MR) is 76.1 cm³/mol. The summed E-state index contributed by atoms with van der Waals surface area (Å²) in [7, 11) is 0. The molecule has 0 aromatic rings. The summed E-state index contributed by atoms with van der Waals surface area (Å²) in [6.07, 6.45) is 5.78. The van der Waals surface area contributed by atoms with Crippen molar-refractivity contribution in [3.05, 3.63) is 0 Å². The largest absolute Gasteiger partial charge is 0.480 e. The molecule has 0 bridgehead atoms. The van der Waals surface area contributed by atoms with Crippen molar-refractivity contribution < 1.29 is 14.7 Å². The van der Waals surface area contributed by atoms with E-state index in [1.54, 1.807) is 4.90 Å². The highest BCUT2D eigenvalue weighted by Crippen LogP contribution is 2.38. The summed E-state index contributed by atoms with van der Waals surface area (Å²) in [6, 6.07) is -1.21. The first-order valence-electron chi connectivity index (χ1n) is 7.74. The van der Waals surface area contributed by atoms with E-state index in [0.29, 0.717) is 12.3 Å². The van der Waals surface area contributed by atoms with Crippen molar-refractivity contribution in [1.29, 1.82) is 0 Å². The minimum atomic E-state index is -0.890. The Labute approximate surface area is 120 Å². The molecule has 1 aliphatic carbocycles. The van der Waals surface area contributed by atoms with Crippen LogP contribution in [0.4, 0.5) is 0 Å². The lowest BCUT2D eigenvalue weighted by molar-refractivity contribution is -0.159. The van der Waals surface area contributed by atoms with Gasteiger partial charge < -0.3 is 15.7 Å². The fraction of sp³-hybridized carbons (Fsp3) is 0.867. The maximum atomic E-state index is 12.6. The molecule has 2 rings (SSSR count). The zero-order valence-corrected chi connectivity index (χ0v) is 12.4. The van der Waals surface area contributed by atoms with Gasteiger partial charge in [-0.15, -0.1) is 0 Å². The van der Waals surface area contributed by atoms with E-state index in [9.17, 15) is 14.7 Å². The lowest BCUT2D eigenvalue weighted by Gasteiger charge is -2.48. The van der Waals surface area contributed by atoms with Crippen molar-refractivity contribution in [2.45, 2.75) is 70.5 Å². The average molecular weight is 282 g/mol. The molecular formula is C15H26N2O3. The smallest absolute Gasteiger partial charge is 0.326 e. The van der Waals surface area contributed by atoms with E-state index in [0.717, 1.165) is 25.7 Å². The number of fused-ring (bicyclic) bond motifs is 1. The summed E-state index contributed by atoms with van der Waals surface area (Å²) in [5, 5.41) is 9.43. The van der Waals surface area contributed by atoms with Gasteiger partial charge >= 0.3 is 5.97 Å². The first kappa shape index (κ1) is 15.3. The number of nitrogens with zero attached hydrogens (tertiary/aromatic N) is 1. The minimum absolute atomic E-state index is 0.0286. The van der Waals surface area contributed by atoms with Gasteiger partial charge in [-0.3, -0.25) is 4.79 Å². The third kappa shape index (κ3) is 2.82. The molecule has 0 aromatic heterocycles. The number of aliphatic carboxylic acids is 1. The highest BCUT2D eigenvalue weighted by molar-refractivity contribution is 5.87. The van der Waals surface area contributed by atoms with Crippen molar-refractivity contribution in [2.75, 3.05) is 0 Å². The van der Waals surface area contributed by atoms with Crippen LogP contribution in [0.25, 0.3) is 0 Å². The van der Waals surface area contributed by atoms with Crippen molar-refractivity contribution in [1.82, 2.24) is 4.90 Å². The normalized spacial score (nSPS) is 31.8. The number of carbonyl (C=O) groups excluding carboxylic acids is 1. The first-order chi connectivity index (χ1) is 9.43. The Morgan fingerprint density at radius 3 is 2.40 bits per heavy atom. The fourth-order valence-electron chi connectivity index (χ4n) is 3.65. The molecule has 5 heteroatoms. The van der Waals surface area contributed by atoms with Gasteiger partial charge in [-0.1, -0.05) is 26.7 Å². The van der Waals surface area contributed by atoms with E-state index in [4.69, 9.17) is 5.73 Å². The fourth-order valence-corrected chi connectivity index (χ4v) is 3.65. The van der Waals surface area contributed by atoms with Crippen LogP contribution >= 0.6 is 0 Å². The second kappa shape index (κ2) is 6.12. The van der Waals surface area contributed by atoms with Gasteiger partial charge in [0.15, 0.2) is 0 Å². The molecule has 2 aliphatic rings. The summed E-state index contributed by atoms with van der Waals surface area (Å²) >= 11 is 0. The van der Waals surface area contributed by atoms with E-state index in [1.807, 2.05) is 13.8 Å². The van der Waals surface area contributed by atoms with Gasteiger partial charge in [-0.2, -0.15) is 0 Å². The van der Waals surface area contributed by atoms with Gasteiger partial charge in [0, 0.05) is 6.04 Å². The average Bonchev–Trinajstić information content (AvgIpc) is 2.44. The molecule has 5 nitrogen and oxygen atoms in total.